The zero-order chi connectivity index (χ0) is 19.5. The first kappa shape index (κ1) is 18.2. The molecule has 5 nitrogen and oxygen atoms in total. The molecular formula is C23H23N3O2. The van der Waals surface area contributed by atoms with Crippen molar-refractivity contribution in [3.05, 3.63) is 71.4 Å². The molecule has 5 heteroatoms. The minimum Gasteiger partial charge on any atom is -0.341 e. The van der Waals surface area contributed by atoms with Crippen molar-refractivity contribution in [1.29, 1.82) is 0 Å². The van der Waals surface area contributed by atoms with E-state index in [4.69, 9.17) is 0 Å². The minimum absolute atomic E-state index is 0.230. The number of fused-ring (bicyclic) bond motifs is 2. The first-order chi connectivity index (χ1) is 13.6. The molecular weight excluding hydrogens is 350 g/mol. The Labute approximate surface area is 164 Å². The van der Waals surface area contributed by atoms with Crippen LogP contribution in [0.25, 0.3) is 10.9 Å². The Morgan fingerprint density at radius 2 is 1.79 bits per heavy atom. The molecule has 0 saturated heterocycles. The number of carbonyl (C=O) groups excluding carboxylic acids is 2. The van der Waals surface area contributed by atoms with Crippen molar-refractivity contribution in [1.82, 2.24) is 10.3 Å². The van der Waals surface area contributed by atoms with Crippen molar-refractivity contribution in [2.24, 2.45) is 0 Å². The Balaban J connectivity index is 1.41. The predicted molar refractivity (Wildman–Crippen MR) is 110 cm³/mol. The molecule has 0 fully saturated rings. The number of amides is 2. The number of anilines is 1. The first-order valence-electron chi connectivity index (χ1n) is 9.68. The van der Waals surface area contributed by atoms with Gasteiger partial charge in [0.15, 0.2) is 0 Å². The molecule has 1 aromatic heterocycles. The van der Waals surface area contributed by atoms with Crippen molar-refractivity contribution in [2.45, 2.75) is 38.6 Å². The van der Waals surface area contributed by atoms with Crippen LogP contribution in [0.2, 0.25) is 0 Å². The fraction of sp³-hybridized carbons (Fsp3) is 0.261. The van der Waals surface area contributed by atoms with Gasteiger partial charge >= 0.3 is 11.8 Å². The molecule has 0 unspecified atom stereocenters. The maximum absolute atomic E-state index is 12.3. The molecule has 0 spiro atoms. The van der Waals surface area contributed by atoms with E-state index in [1.807, 2.05) is 31.2 Å². The van der Waals surface area contributed by atoms with E-state index in [1.54, 1.807) is 18.3 Å². The Hall–Kier alpha value is -3.21. The van der Waals surface area contributed by atoms with E-state index >= 15 is 0 Å². The highest BCUT2D eigenvalue weighted by atomic mass is 16.2. The third-order valence-electron chi connectivity index (χ3n) is 5.29. The highest BCUT2D eigenvalue weighted by Crippen LogP contribution is 2.25. The third-order valence-corrected chi connectivity index (χ3v) is 5.29. The lowest BCUT2D eigenvalue weighted by molar-refractivity contribution is -0.136. The van der Waals surface area contributed by atoms with Crippen molar-refractivity contribution in [3.63, 3.8) is 0 Å². The van der Waals surface area contributed by atoms with Crippen LogP contribution in [0.3, 0.4) is 0 Å². The monoisotopic (exact) mass is 373 g/mol. The number of benzene rings is 2. The van der Waals surface area contributed by atoms with Gasteiger partial charge in [0, 0.05) is 17.3 Å². The van der Waals surface area contributed by atoms with Gasteiger partial charge in [0.2, 0.25) is 0 Å². The molecule has 0 saturated carbocycles. The number of carbonyl (C=O) groups is 2. The van der Waals surface area contributed by atoms with Crippen LogP contribution in [0.4, 0.5) is 5.69 Å². The average molecular weight is 373 g/mol. The quantitative estimate of drug-likeness (QED) is 0.684. The molecule has 1 heterocycles. The summed E-state index contributed by atoms with van der Waals surface area (Å²) in [5.74, 6) is -1.32. The molecule has 4 rings (SSSR count). The summed E-state index contributed by atoms with van der Waals surface area (Å²) in [6.45, 7) is 1.90. The second-order valence-corrected chi connectivity index (χ2v) is 7.30. The van der Waals surface area contributed by atoms with Gasteiger partial charge in [-0.15, -0.1) is 0 Å². The number of nitrogens with one attached hydrogen (secondary N) is 2. The van der Waals surface area contributed by atoms with Gasteiger partial charge in [-0.3, -0.25) is 14.6 Å². The third kappa shape index (κ3) is 3.88. The Bertz CT molecular complexity index is 1040. The Morgan fingerprint density at radius 1 is 0.964 bits per heavy atom. The molecule has 1 aliphatic carbocycles. The Morgan fingerprint density at radius 3 is 2.64 bits per heavy atom. The number of aryl methyl sites for hydroxylation is 2. The molecule has 0 aliphatic heterocycles. The fourth-order valence-corrected chi connectivity index (χ4v) is 3.71. The number of rotatable bonds is 3. The van der Waals surface area contributed by atoms with Gasteiger partial charge in [0.25, 0.3) is 0 Å². The largest absolute Gasteiger partial charge is 0.341 e. The highest BCUT2D eigenvalue weighted by Gasteiger charge is 2.19. The maximum atomic E-state index is 12.3. The standard InChI is InChI=1S/C23H23N3O2/c1-15(17-9-8-16-5-2-3-6-18(16)13-17)25-22(27)23(28)26-20-10-11-21-19(14-20)7-4-12-24-21/h4,7-15H,2-3,5-6H2,1H3,(H,25,27)(H,26,28)/t15-/m1/s1. The van der Waals surface area contributed by atoms with Crippen LogP contribution in [0, 0.1) is 0 Å². The second kappa shape index (κ2) is 7.80. The van der Waals surface area contributed by atoms with E-state index < -0.39 is 11.8 Å². The summed E-state index contributed by atoms with van der Waals surface area (Å²) in [6.07, 6.45) is 6.38. The van der Waals surface area contributed by atoms with E-state index in [1.165, 1.54) is 24.0 Å². The number of hydrogen-bond acceptors (Lipinski definition) is 3. The van der Waals surface area contributed by atoms with Gasteiger partial charge < -0.3 is 10.6 Å². The van der Waals surface area contributed by atoms with Crippen LogP contribution >= 0.6 is 0 Å². The van der Waals surface area contributed by atoms with Crippen molar-refractivity contribution in [2.75, 3.05) is 5.32 Å². The summed E-state index contributed by atoms with van der Waals surface area (Å²) in [5, 5.41) is 6.36. The van der Waals surface area contributed by atoms with Gasteiger partial charge in [-0.25, -0.2) is 0 Å². The zero-order valence-corrected chi connectivity index (χ0v) is 15.9. The van der Waals surface area contributed by atoms with E-state index in [-0.39, 0.29) is 6.04 Å². The molecule has 1 aliphatic rings. The van der Waals surface area contributed by atoms with Crippen LogP contribution in [0.15, 0.2) is 54.7 Å². The fourth-order valence-electron chi connectivity index (χ4n) is 3.71. The van der Waals surface area contributed by atoms with E-state index in [9.17, 15) is 9.59 Å². The molecule has 142 valence electrons. The van der Waals surface area contributed by atoms with E-state index in [0.717, 1.165) is 29.3 Å². The lowest BCUT2D eigenvalue weighted by Gasteiger charge is -2.20. The van der Waals surface area contributed by atoms with Crippen LogP contribution in [-0.4, -0.2) is 16.8 Å². The SMILES string of the molecule is C[C@@H](NC(=O)C(=O)Nc1ccc2ncccc2c1)c1ccc2c(c1)CCCC2. The molecule has 2 amide bonds. The second-order valence-electron chi connectivity index (χ2n) is 7.30. The van der Waals surface area contributed by atoms with E-state index in [0.29, 0.717) is 5.69 Å². The highest BCUT2D eigenvalue weighted by molar-refractivity contribution is 6.39. The summed E-state index contributed by atoms with van der Waals surface area (Å²) in [4.78, 5) is 28.9. The summed E-state index contributed by atoms with van der Waals surface area (Å²) < 4.78 is 0. The molecule has 2 aromatic carbocycles. The van der Waals surface area contributed by atoms with Crippen molar-refractivity contribution < 1.29 is 9.59 Å². The normalized spacial score (nSPS) is 14.2. The van der Waals surface area contributed by atoms with Crippen LogP contribution in [-0.2, 0) is 22.4 Å². The summed E-state index contributed by atoms with van der Waals surface area (Å²) in [7, 11) is 0. The lowest BCUT2D eigenvalue weighted by Crippen LogP contribution is -2.37. The van der Waals surface area contributed by atoms with Gasteiger partial charge in [0.05, 0.1) is 11.6 Å². The molecule has 0 radical (unpaired) electrons. The summed E-state index contributed by atoms with van der Waals surface area (Å²) in [6, 6.07) is 15.2. The summed E-state index contributed by atoms with van der Waals surface area (Å²) in [5.41, 5.74) is 5.20. The molecule has 3 aromatic rings. The average Bonchev–Trinajstić information content (AvgIpc) is 2.73. The summed E-state index contributed by atoms with van der Waals surface area (Å²) >= 11 is 0. The molecule has 28 heavy (non-hydrogen) atoms. The lowest BCUT2D eigenvalue weighted by atomic mass is 9.89. The van der Waals surface area contributed by atoms with Crippen molar-refractivity contribution in [3.8, 4) is 0 Å². The van der Waals surface area contributed by atoms with Gasteiger partial charge in [-0.05, 0) is 73.6 Å². The van der Waals surface area contributed by atoms with Crippen molar-refractivity contribution >= 4 is 28.4 Å². The molecule has 0 bridgehead atoms. The predicted octanol–water partition coefficient (Wildman–Crippen LogP) is 3.93. The van der Waals surface area contributed by atoms with Gasteiger partial charge in [-0.2, -0.15) is 0 Å². The number of pyridine rings is 1. The number of nitrogens with zero attached hydrogens (tertiary/aromatic N) is 1. The molecule has 1 atom stereocenters. The van der Waals surface area contributed by atoms with E-state index in [2.05, 4.69) is 27.8 Å². The number of aromatic nitrogens is 1. The first-order valence-corrected chi connectivity index (χ1v) is 9.68. The topological polar surface area (TPSA) is 71.1 Å². The smallest absolute Gasteiger partial charge is 0.313 e. The molecule has 2 N–H and O–H groups in total. The minimum atomic E-state index is -0.673. The zero-order valence-electron chi connectivity index (χ0n) is 15.9. The van der Waals surface area contributed by atoms with Crippen LogP contribution in [0.5, 0.6) is 0 Å². The van der Waals surface area contributed by atoms with Crippen LogP contribution in [0.1, 0.15) is 42.5 Å². The van der Waals surface area contributed by atoms with Gasteiger partial charge in [0.1, 0.15) is 0 Å². The van der Waals surface area contributed by atoms with Gasteiger partial charge in [-0.1, -0.05) is 24.3 Å². The number of hydrogen-bond donors (Lipinski definition) is 2. The maximum Gasteiger partial charge on any atom is 0.313 e. The Kier molecular flexibility index (Phi) is 5.06. The van der Waals surface area contributed by atoms with Crippen LogP contribution < -0.4 is 10.6 Å².